The summed E-state index contributed by atoms with van der Waals surface area (Å²) in [5.74, 6) is 0.385. The SMILES string of the molecule is Cc1ccc(C)c(C(=O)CSc2nnnn2-c2ccc(C)c(C)c2)c1. The van der Waals surface area contributed by atoms with Crippen molar-refractivity contribution in [1.82, 2.24) is 20.2 Å². The summed E-state index contributed by atoms with van der Waals surface area (Å²) in [6.45, 7) is 8.07. The third-order valence-corrected chi connectivity index (χ3v) is 5.12. The van der Waals surface area contributed by atoms with Gasteiger partial charge in [-0.25, -0.2) is 0 Å². The molecule has 0 saturated heterocycles. The zero-order valence-corrected chi connectivity index (χ0v) is 15.6. The van der Waals surface area contributed by atoms with Gasteiger partial charge in [0.1, 0.15) is 0 Å². The van der Waals surface area contributed by atoms with Crippen LogP contribution in [-0.2, 0) is 0 Å². The van der Waals surface area contributed by atoms with Crippen LogP contribution in [0.15, 0.2) is 41.6 Å². The number of carbonyl (C=O) groups is 1. The fraction of sp³-hybridized carbons (Fsp3) is 0.263. The van der Waals surface area contributed by atoms with Crippen LogP contribution < -0.4 is 0 Å². The molecule has 1 aromatic heterocycles. The molecule has 0 aliphatic carbocycles. The van der Waals surface area contributed by atoms with Crippen molar-refractivity contribution in [3.8, 4) is 5.69 Å². The summed E-state index contributed by atoms with van der Waals surface area (Å²) in [5, 5.41) is 12.5. The molecule has 5 nitrogen and oxygen atoms in total. The van der Waals surface area contributed by atoms with Crippen molar-refractivity contribution in [1.29, 1.82) is 0 Å². The van der Waals surface area contributed by atoms with E-state index in [1.54, 1.807) is 4.68 Å². The predicted molar refractivity (Wildman–Crippen MR) is 99.6 cm³/mol. The number of hydrogen-bond acceptors (Lipinski definition) is 5. The number of aryl methyl sites for hydroxylation is 4. The molecule has 0 spiro atoms. The molecule has 1 heterocycles. The first kappa shape index (κ1) is 17.4. The lowest BCUT2D eigenvalue weighted by Gasteiger charge is -2.08. The fourth-order valence-electron chi connectivity index (χ4n) is 2.53. The molecule has 25 heavy (non-hydrogen) atoms. The highest BCUT2D eigenvalue weighted by molar-refractivity contribution is 7.99. The number of benzene rings is 2. The van der Waals surface area contributed by atoms with Crippen molar-refractivity contribution >= 4 is 17.5 Å². The molecule has 0 unspecified atom stereocenters. The maximum absolute atomic E-state index is 12.6. The second-order valence-corrected chi connectivity index (χ2v) is 7.11. The van der Waals surface area contributed by atoms with E-state index < -0.39 is 0 Å². The molecular formula is C19H20N4OS. The van der Waals surface area contributed by atoms with Gasteiger partial charge < -0.3 is 0 Å². The molecule has 2 aromatic carbocycles. The second-order valence-electron chi connectivity index (χ2n) is 6.17. The number of carbonyl (C=O) groups excluding carboxylic acids is 1. The second kappa shape index (κ2) is 7.19. The Labute approximate surface area is 151 Å². The summed E-state index contributed by atoms with van der Waals surface area (Å²) < 4.78 is 1.67. The zero-order chi connectivity index (χ0) is 18.0. The summed E-state index contributed by atoms with van der Waals surface area (Å²) in [6.07, 6.45) is 0. The maximum Gasteiger partial charge on any atom is 0.214 e. The highest BCUT2D eigenvalue weighted by Crippen LogP contribution is 2.22. The minimum absolute atomic E-state index is 0.0841. The molecular weight excluding hydrogens is 332 g/mol. The van der Waals surface area contributed by atoms with Crippen LogP contribution in [0.4, 0.5) is 0 Å². The van der Waals surface area contributed by atoms with Crippen molar-refractivity contribution in [2.24, 2.45) is 0 Å². The normalized spacial score (nSPS) is 10.9. The summed E-state index contributed by atoms with van der Waals surface area (Å²) in [4.78, 5) is 12.6. The van der Waals surface area contributed by atoms with E-state index >= 15 is 0 Å². The Bertz CT molecular complexity index is 933. The molecule has 0 radical (unpaired) electrons. The van der Waals surface area contributed by atoms with Crippen molar-refractivity contribution < 1.29 is 4.79 Å². The maximum atomic E-state index is 12.6. The van der Waals surface area contributed by atoms with E-state index in [0.717, 1.165) is 22.4 Å². The molecule has 6 heteroatoms. The average Bonchev–Trinajstić information content (AvgIpc) is 3.06. The number of thioether (sulfide) groups is 1. The van der Waals surface area contributed by atoms with Crippen LogP contribution in [0.25, 0.3) is 5.69 Å². The van der Waals surface area contributed by atoms with Gasteiger partial charge in [-0.05, 0) is 73.0 Å². The van der Waals surface area contributed by atoms with Gasteiger partial charge >= 0.3 is 0 Å². The van der Waals surface area contributed by atoms with Crippen LogP contribution in [0.1, 0.15) is 32.6 Å². The Kier molecular flexibility index (Phi) is 4.99. The van der Waals surface area contributed by atoms with Gasteiger partial charge in [0, 0.05) is 5.56 Å². The Balaban J connectivity index is 1.78. The summed E-state index contributed by atoms with van der Waals surface area (Å²) in [7, 11) is 0. The van der Waals surface area contributed by atoms with E-state index in [1.807, 2.05) is 50.2 Å². The summed E-state index contributed by atoms with van der Waals surface area (Å²) in [5.41, 5.74) is 6.13. The molecule has 0 N–H and O–H groups in total. The topological polar surface area (TPSA) is 60.7 Å². The van der Waals surface area contributed by atoms with Crippen LogP contribution in [0.3, 0.4) is 0 Å². The number of hydrogen-bond donors (Lipinski definition) is 0. The van der Waals surface area contributed by atoms with E-state index in [0.29, 0.717) is 10.9 Å². The third kappa shape index (κ3) is 3.79. The van der Waals surface area contributed by atoms with Crippen LogP contribution in [0.2, 0.25) is 0 Å². The van der Waals surface area contributed by atoms with Crippen molar-refractivity contribution in [3.63, 3.8) is 0 Å². The van der Waals surface area contributed by atoms with E-state index in [2.05, 4.69) is 29.4 Å². The van der Waals surface area contributed by atoms with Crippen LogP contribution in [-0.4, -0.2) is 31.7 Å². The van der Waals surface area contributed by atoms with E-state index in [4.69, 9.17) is 0 Å². The van der Waals surface area contributed by atoms with Crippen LogP contribution in [0, 0.1) is 27.7 Å². The predicted octanol–water partition coefficient (Wildman–Crippen LogP) is 3.87. The van der Waals surface area contributed by atoms with Crippen molar-refractivity contribution in [2.75, 3.05) is 5.75 Å². The summed E-state index contributed by atoms with van der Waals surface area (Å²) in [6, 6.07) is 12.0. The number of rotatable bonds is 5. The first-order chi connectivity index (χ1) is 12.0. The van der Waals surface area contributed by atoms with E-state index in [-0.39, 0.29) is 5.78 Å². The summed E-state index contributed by atoms with van der Waals surface area (Å²) >= 11 is 1.35. The van der Waals surface area contributed by atoms with Gasteiger partial charge in [0.15, 0.2) is 5.78 Å². The first-order valence-corrected chi connectivity index (χ1v) is 9.03. The third-order valence-electron chi connectivity index (χ3n) is 4.20. The quantitative estimate of drug-likeness (QED) is 0.515. The van der Waals surface area contributed by atoms with Gasteiger partial charge in [-0.1, -0.05) is 35.5 Å². The molecule has 0 atom stereocenters. The fourth-order valence-corrected chi connectivity index (χ4v) is 3.31. The zero-order valence-electron chi connectivity index (χ0n) is 14.8. The molecule has 0 bridgehead atoms. The van der Waals surface area contributed by atoms with Gasteiger partial charge in [-0.15, -0.1) is 5.10 Å². The van der Waals surface area contributed by atoms with E-state index in [1.165, 1.54) is 22.9 Å². The lowest BCUT2D eigenvalue weighted by atomic mass is 10.0. The molecule has 0 fully saturated rings. The molecule has 0 saturated carbocycles. The molecule has 128 valence electrons. The lowest BCUT2D eigenvalue weighted by molar-refractivity contribution is 0.102. The Morgan fingerprint density at radius 2 is 1.76 bits per heavy atom. The minimum Gasteiger partial charge on any atom is -0.293 e. The van der Waals surface area contributed by atoms with Crippen molar-refractivity contribution in [2.45, 2.75) is 32.9 Å². The minimum atomic E-state index is 0.0841. The van der Waals surface area contributed by atoms with Gasteiger partial charge in [0.2, 0.25) is 5.16 Å². The highest BCUT2D eigenvalue weighted by Gasteiger charge is 2.14. The van der Waals surface area contributed by atoms with E-state index in [9.17, 15) is 4.79 Å². The number of tetrazole rings is 1. The first-order valence-electron chi connectivity index (χ1n) is 8.05. The van der Waals surface area contributed by atoms with Gasteiger partial charge in [0.05, 0.1) is 11.4 Å². The Hall–Kier alpha value is -2.47. The van der Waals surface area contributed by atoms with Gasteiger partial charge in [-0.3, -0.25) is 4.79 Å². The molecule has 0 aliphatic heterocycles. The lowest BCUT2D eigenvalue weighted by Crippen LogP contribution is -2.07. The number of aromatic nitrogens is 4. The molecule has 0 amide bonds. The van der Waals surface area contributed by atoms with Gasteiger partial charge in [0.25, 0.3) is 0 Å². The number of ketones is 1. The Morgan fingerprint density at radius 3 is 2.52 bits per heavy atom. The Morgan fingerprint density at radius 1 is 1.00 bits per heavy atom. The van der Waals surface area contributed by atoms with Crippen molar-refractivity contribution in [3.05, 3.63) is 64.2 Å². The molecule has 3 aromatic rings. The number of nitrogens with zero attached hydrogens (tertiary/aromatic N) is 4. The smallest absolute Gasteiger partial charge is 0.214 e. The largest absolute Gasteiger partial charge is 0.293 e. The van der Waals surface area contributed by atoms with Gasteiger partial charge in [-0.2, -0.15) is 4.68 Å². The van der Waals surface area contributed by atoms with Crippen LogP contribution in [0.5, 0.6) is 0 Å². The highest BCUT2D eigenvalue weighted by atomic mass is 32.2. The monoisotopic (exact) mass is 352 g/mol. The molecule has 0 aliphatic rings. The average molecular weight is 352 g/mol. The number of Topliss-reactive ketones (excluding diaryl/α,β-unsaturated/α-hetero) is 1. The standard InChI is InChI=1S/C19H20N4OS/c1-12-5-6-14(3)17(9-12)18(24)11-25-19-20-21-22-23(19)16-8-7-13(2)15(4)10-16/h5-10H,11H2,1-4H3. The molecule has 3 rings (SSSR count). The van der Waals surface area contributed by atoms with Crippen LogP contribution >= 0.6 is 11.8 Å².